The number of fused-ring (bicyclic) bond motifs is 1. The molecule has 1 saturated carbocycles. The number of benzene rings is 1. The molecule has 28 heavy (non-hydrogen) atoms. The number of pyridine rings is 1. The quantitative estimate of drug-likeness (QED) is 0.687. The van der Waals surface area contributed by atoms with Gasteiger partial charge in [0.05, 0.1) is 18.5 Å². The van der Waals surface area contributed by atoms with E-state index in [2.05, 4.69) is 10.6 Å². The van der Waals surface area contributed by atoms with E-state index < -0.39 is 0 Å². The predicted octanol–water partition coefficient (Wildman–Crippen LogP) is 4.77. The molecule has 0 unspecified atom stereocenters. The molecular weight excluding hydrogens is 352 g/mol. The zero-order valence-corrected chi connectivity index (χ0v) is 16.4. The third-order valence-corrected chi connectivity index (χ3v) is 5.42. The summed E-state index contributed by atoms with van der Waals surface area (Å²) in [5, 5.41) is 6.04. The lowest BCUT2D eigenvalue weighted by atomic mass is 9.96. The SMILES string of the molecule is COc1ccc(-c2nc3ccc(NC(=O)NC4CCCCC4)cn3c2C)cc1. The predicted molar refractivity (Wildman–Crippen MR) is 111 cm³/mol. The average molecular weight is 378 g/mol. The van der Waals surface area contributed by atoms with E-state index in [4.69, 9.17) is 9.72 Å². The first-order chi connectivity index (χ1) is 13.6. The largest absolute Gasteiger partial charge is 0.497 e. The Labute approximate surface area is 164 Å². The van der Waals surface area contributed by atoms with Gasteiger partial charge < -0.3 is 19.8 Å². The van der Waals surface area contributed by atoms with E-state index in [0.29, 0.717) is 0 Å². The lowest BCUT2D eigenvalue weighted by Gasteiger charge is -2.22. The minimum absolute atomic E-state index is 0.139. The molecule has 4 rings (SSSR count). The fraction of sp³-hybridized carbons (Fsp3) is 0.364. The highest BCUT2D eigenvalue weighted by molar-refractivity contribution is 5.89. The Morgan fingerprint density at radius 3 is 2.57 bits per heavy atom. The topological polar surface area (TPSA) is 67.7 Å². The number of carbonyl (C=O) groups is 1. The normalized spacial score (nSPS) is 14.8. The number of aryl methyl sites for hydroxylation is 1. The van der Waals surface area contributed by atoms with Gasteiger partial charge in [0.1, 0.15) is 11.4 Å². The molecule has 1 fully saturated rings. The Bertz CT molecular complexity index is 972. The molecule has 2 aromatic heterocycles. The summed E-state index contributed by atoms with van der Waals surface area (Å²) in [4.78, 5) is 17.1. The van der Waals surface area contributed by atoms with Gasteiger partial charge in [0.15, 0.2) is 0 Å². The molecule has 2 N–H and O–H groups in total. The molecule has 0 radical (unpaired) electrons. The van der Waals surface area contributed by atoms with Crippen LogP contribution in [-0.2, 0) is 0 Å². The van der Waals surface area contributed by atoms with Crippen LogP contribution in [0.4, 0.5) is 10.5 Å². The van der Waals surface area contributed by atoms with Crippen LogP contribution in [-0.4, -0.2) is 28.6 Å². The Kier molecular flexibility index (Phi) is 5.19. The van der Waals surface area contributed by atoms with Crippen molar-refractivity contribution in [3.05, 3.63) is 48.3 Å². The second-order valence-electron chi connectivity index (χ2n) is 7.35. The number of imidazole rings is 1. The van der Waals surface area contributed by atoms with Crippen LogP contribution in [0.3, 0.4) is 0 Å². The number of rotatable bonds is 4. The van der Waals surface area contributed by atoms with Crippen molar-refractivity contribution in [3.63, 3.8) is 0 Å². The van der Waals surface area contributed by atoms with Crippen LogP contribution in [0.1, 0.15) is 37.8 Å². The summed E-state index contributed by atoms with van der Waals surface area (Å²) < 4.78 is 7.24. The summed E-state index contributed by atoms with van der Waals surface area (Å²) >= 11 is 0. The zero-order chi connectivity index (χ0) is 19.5. The highest BCUT2D eigenvalue weighted by Gasteiger charge is 2.16. The highest BCUT2D eigenvalue weighted by atomic mass is 16.5. The Balaban J connectivity index is 1.53. The van der Waals surface area contributed by atoms with Crippen LogP contribution >= 0.6 is 0 Å². The summed E-state index contributed by atoms with van der Waals surface area (Å²) in [6.45, 7) is 2.03. The number of amides is 2. The van der Waals surface area contributed by atoms with Gasteiger partial charge in [0.25, 0.3) is 0 Å². The van der Waals surface area contributed by atoms with Crippen molar-refractivity contribution in [1.82, 2.24) is 14.7 Å². The Morgan fingerprint density at radius 1 is 1.11 bits per heavy atom. The number of hydrogen-bond acceptors (Lipinski definition) is 3. The molecule has 1 aromatic carbocycles. The van der Waals surface area contributed by atoms with E-state index in [9.17, 15) is 4.79 Å². The second kappa shape index (κ2) is 7.92. The molecule has 6 nitrogen and oxygen atoms in total. The number of methoxy groups -OCH3 is 1. The number of hydrogen-bond donors (Lipinski definition) is 2. The van der Waals surface area contributed by atoms with Crippen molar-refractivity contribution in [1.29, 1.82) is 0 Å². The molecular formula is C22H26N4O2. The van der Waals surface area contributed by atoms with E-state index >= 15 is 0 Å². The Hall–Kier alpha value is -3.02. The molecule has 2 heterocycles. The van der Waals surface area contributed by atoms with E-state index in [-0.39, 0.29) is 12.1 Å². The summed E-state index contributed by atoms with van der Waals surface area (Å²) in [5.74, 6) is 0.820. The van der Waals surface area contributed by atoms with E-state index in [1.807, 2.05) is 53.9 Å². The smallest absolute Gasteiger partial charge is 0.319 e. The lowest BCUT2D eigenvalue weighted by molar-refractivity contribution is 0.244. The van der Waals surface area contributed by atoms with Crippen molar-refractivity contribution in [3.8, 4) is 17.0 Å². The number of nitrogens with one attached hydrogen (secondary N) is 2. The monoisotopic (exact) mass is 378 g/mol. The van der Waals surface area contributed by atoms with Gasteiger partial charge in [0, 0.05) is 23.5 Å². The Morgan fingerprint density at radius 2 is 1.86 bits per heavy atom. The van der Waals surface area contributed by atoms with Gasteiger partial charge in [-0.3, -0.25) is 0 Å². The van der Waals surface area contributed by atoms with Crippen molar-refractivity contribution in [2.45, 2.75) is 45.1 Å². The van der Waals surface area contributed by atoms with Crippen molar-refractivity contribution in [2.24, 2.45) is 0 Å². The molecule has 146 valence electrons. The van der Waals surface area contributed by atoms with Crippen LogP contribution in [0.25, 0.3) is 16.9 Å². The summed E-state index contributed by atoms with van der Waals surface area (Å²) in [5.41, 5.74) is 4.58. The van der Waals surface area contributed by atoms with Crippen molar-refractivity contribution >= 4 is 17.4 Å². The highest BCUT2D eigenvalue weighted by Crippen LogP contribution is 2.26. The minimum Gasteiger partial charge on any atom is -0.497 e. The lowest BCUT2D eigenvalue weighted by Crippen LogP contribution is -2.39. The van der Waals surface area contributed by atoms with E-state index in [1.54, 1.807) is 7.11 Å². The summed E-state index contributed by atoms with van der Waals surface area (Å²) in [6, 6.07) is 11.8. The number of carbonyl (C=O) groups excluding carboxylic acids is 1. The number of nitrogens with zero attached hydrogens (tertiary/aromatic N) is 2. The molecule has 0 atom stereocenters. The van der Waals surface area contributed by atoms with Gasteiger partial charge in [-0.15, -0.1) is 0 Å². The second-order valence-corrected chi connectivity index (χ2v) is 7.35. The first kappa shape index (κ1) is 18.3. The van der Waals surface area contributed by atoms with Gasteiger partial charge >= 0.3 is 6.03 Å². The number of anilines is 1. The van der Waals surface area contributed by atoms with Gasteiger partial charge in [-0.2, -0.15) is 0 Å². The van der Waals surface area contributed by atoms with Gasteiger partial charge in [-0.25, -0.2) is 9.78 Å². The third-order valence-electron chi connectivity index (χ3n) is 5.42. The zero-order valence-electron chi connectivity index (χ0n) is 16.4. The van der Waals surface area contributed by atoms with E-state index in [0.717, 1.165) is 46.9 Å². The standard InChI is InChI=1S/C22H26N4O2/c1-15-21(16-8-11-19(28-2)12-9-16)25-20-13-10-18(14-26(15)20)24-22(27)23-17-6-4-3-5-7-17/h8-14,17H,3-7H2,1-2H3,(H2,23,24,27). The van der Waals surface area contributed by atoms with Crippen LogP contribution in [0.15, 0.2) is 42.6 Å². The number of urea groups is 1. The maximum Gasteiger partial charge on any atom is 0.319 e. The fourth-order valence-electron chi connectivity index (χ4n) is 3.86. The van der Waals surface area contributed by atoms with Crippen LogP contribution < -0.4 is 15.4 Å². The summed E-state index contributed by atoms with van der Waals surface area (Å²) in [7, 11) is 1.66. The third kappa shape index (κ3) is 3.81. The minimum atomic E-state index is -0.139. The molecule has 3 aromatic rings. The van der Waals surface area contributed by atoms with Crippen molar-refractivity contribution < 1.29 is 9.53 Å². The van der Waals surface area contributed by atoms with Crippen LogP contribution in [0.5, 0.6) is 5.75 Å². The van der Waals surface area contributed by atoms with Gasteiger partial charge in [-0.1, -0.05) is 19.3 Å². The van der Waals surface area contributed by atoms with Gasteiger partial charge in [0.2, 0.25) is 0 Å². The molecule has 0 spiro atoms. The van der Waals surface area contributed by atoms with E-state index in [1.165, 1.54) is 19.3 Å². The first-order valence-electron chi connectivity index (χ1n) is 9.85. The average Bonchev–Trinajstić information content (AvgIpc) is 3.05. The number of ether oxygens (including phenoxy) is 1. The molecule has 0 aliphatic heterocycles. The molecule has 1 aliphatic carbocycles. The molecule has 0 saturated heterocycles. The maximum absolute atomic E-state index is 12.3. The fourth-order valence-corrected chi connectivity index (χ4v) is 3.86. The molecule has 2 amide bonds. The molecule has 1 aliphatic rings. The summed E-state index contributed by atoms with van der Waals surface area (Å²) in [6.07, 6.45) is 7.72. The molecule has 0 bridgehead atoms. The first-order valence-corrected chi connectivity index (χ1v) is 9.85. The van der Waals surface area contributed by atoms with Crippen molar-refractivity contribution in [2.75, 3.05) is 12.4 Å². The van der Waals surface area contributed by atoms with Crippen LogP contribution in [0.2, 0.25) is 0 Å². The molecule has 6 heteroatoms. The van der Waals surface area contributed by atoms with Gasteiger partial charge in [-0.05, 0) is 56.2 Å². The number of aromatic nitrogens is 2. The maximum atomic E-state index is 12.3. The van der Waals surface area contributed by atoms with Crippen LogP contribution in [0, 0.1) is 6.92 Å².